The van der Waals surface area contributed by atoms with Crippen LogP contribution in [0.25, 0.3) is 0 Å². The number of rotatable bonds is 8. The molecule has 1 rings (SSSR count). The second-order valence-corrected chi connectivity index (χ2v) is 4.83. The Kier molecular flexibility index (Phi) is 7.40. The van der Waals surface area contributed by atoms with Crippen LogP contribution >= 0.6 is 15.9 Å². The van der Waals surface area contributed by atoms with Crippen molar-refractivity contribution in [2.45, 2.75) is 32.7 Å². The molecule has 1 aromatic rings. The number of aromatic nitrogens is 1. The summed E-state index contributed by atoms with van der Waals surface area (Å²) < 4.78 is 6.42. The zero-order chi connectivity index (χ0) is 12.5. The van der Waals surface area contributed by atoms with Crippen molar-refractivity contribution < 1.29 is 4.74 Å². The number of ether oxygens (including phenoxy) is 1. The van der Waals surface area contributed by atoms with Crippen LogP contribution in [-0.4, -0.2) is 30.8 Å². The Morgan fingerprint density at radius 2 is 2.24 bits per heavy atom. The lowest BCUT2D eigenvalue weighted by Gasteiger charge is -2.17. The first kappa shape index (κ1) is 14.6. The molecule has 4 heteroatoms. The van der Waals surface area contributed by atoms with Crippen LogP contribution in [0.4, 0.5) is 0 Å². The normalized spacial score (nSPS) is 12.6. The maximum atomic E-state index is 5.40. The summed E-state index contributed by atoms with van der Waals surface area (Å²) in [6, 6.07) is 4.54. The van der Waals surface area contributed by atoms with Gasteiger partial charge in [0.1, 0.15) is 0 Å². The van der Waals surface area contributed by atoms with Crippen LogP contribution in [0.3, 0.4) is 0 Å². The van der Waals surface area contributed by atoms with E-state index in [-0.39, 0.29) is 0 Å². The summed E-state index contributed by atoms with van der Waals surface area (Å²) >= 11 is 3.40. The zero-order valence-corrected chi connectivity index (χ0v) is 12.2. The molecule has 0 aliphatic carbocycles. The van der Waals surface area contributed by atoms with Crippen LogP contribution in [-0.2, 0) is 11.2 Å². The summed E-state index contributed by atoms with van der Waals surface area (Å²) in [4.78, 5) is 4.40. The van der Waals surface area contributed by atoms with Crippen molar-refractivity contribution in [2.24, 2.45) is 0 Å². The van der Waals surface area contributed by atoms with Gasteiger partial charge in [-0.3, -0.25) is 4.98 Å². The molecular formula is C13H21BrN2O. The van der Waals surface area contributed by atoms with E-state index < -0.39 is 0 Å². The molecule has 0 radical (unpaired) electrons. The fourth-order valence-corrected chi connectivity index (χ4v) is 1.95. The van der Waals surface area contributed by atoms with E-state index in [2.05, 4.69) is 39.2 Å². The predicted octanol–water partition coefficient (Wildman–Crippen LogP) is 2.79. The highest BCUT2D eigenvalue weighted by Gasteiger charge is 2.09. The quantitative estimate of drug-likeness (QED) is 0.750. The molecule has 1 atom stereocenters. The lowest BCUT2D eigenvalue weighted by Crippen LogP contribution is -2.32. The Morgan fingerprint density at radius 1 is 1.41 bits per heavy atom. The van der Waals surface area contributed by atoms with Crippen molar-refractivity contribution >= 4 is 15.9 Å². The summed E-state index contributed by atoms with van der Waals surface area (Å²) in [5.74, 6) is 0. The lowest BCUT2D eigenvalue weighted by atomic mass is 10.1. The number of nitrogens with one attached hydrogen (secondary N) is 1. The summed E-state index contributed by atoms with van der Waals surface area (Å²) in [5.41, 5.74) is 1.12. The van der Waals surface area contributed by atoms with E-state index >= 15 is 0 Å². The number of halogens is 1. The lowest BCUT2D eigenvalue weighted by molar-refractivity contribution is 0.136. The Balaban J connectivity index is 2.44. The van der Waals surface area contributed by atoms with Gasteiger partial charge in [0, 0.05) is 42.0 Å². The average molecular weight is 301 g/mol. The molecule has 0 saturated heterocycles. The van der Waals surface area contributed by atoms with Gasteiger partial charge in [-0.05, 0) is 48.0 Å². The second-order valence-electron chi connectivity index (χ2n) is 3.91. The topological polar surface area (TPSA) is 34.1 Å². The SMILES string of the molecule is CCNC(CCOCC)Cc1ccc(Br)cn1. The first-order valence-electron chi connectivity index (χ1n) is 6.17. The Morgan fingerprint density at radius 3 is 2.82 bits per heavy atom. The third-order valence-corrected chi connectivity index (χ3v) is 3.02. The van der Waals surface area contributed by atoms with E-state index in [4.69, 9.17) is 4.74 Å². The molecule has 1 N–H and O–H groups in total. The summed E-state index contributed by atoms with van der Waals surface area (Å²) in [7, 11) is 0. The van der Waals surface area contributed by atoms with Gasteiger partial charge in [-0.2, -0.15) is 0 Å². The summed E-state index contributed by atoms with van der Waals surface area (Å²) in [5, 5.41) is 3.47. The Bertz CT molecular complexity index is 303. The van der Waals surface area contributed by atoms with Crippen molar-refractivity contribution in [2.75, 3.05) is 19.8 Å². The molecule has 0 aliphatic rings. The molecule has 3 nitrogen and oxygen atoms in total. The van der Waals surface area contributed by atoms with Gasteiger partial charge in [-0.15, -0.1) is 0 Å². The standard InChI is InChI=1S/C13H21BrN2O/c1-3-15-13(7-8-17-4-2)9-12-6-5-11(14)10-16-12/h5-6,10,13,15H,3-4,7-9H2,1-2H3. The van der Waals surface area contributed by atoms with Crippen molar-refractivity contribution in [3.8, 4) is 0 Å². The number of hydrogen-bond donors (Lipinski definition) is 1. The molecule has 0 aliphatic heterocycles. The fourth-order valence-electron chi connectivity index (χ4n) is 1.71. The van der Waals surface area contributed by atoms with Crippen LogP contribution in [0.15, 0.2) is 22.8 Å². The monoisotopic (exact) mass is 300 g/mol. The first-order chi connectivity index (χ1) is 8.26. The van der Waals surface area contributed by atoms with E-state index in [1.807, 2.05) is 19.2 Å². The molecule has 1 aromatic heterocycles. The molecule has 0 bridgehead atoms. The highest BCUT2D eigenvalue weighted by atomic mass is 79.9. The minimum Gasteiger partial charge on any atom is -0.382 e. The van der Waals surface area contributed by atoms with E-state index in [1.54, 1.807) is 0 Å². The maximum absolute atomic E-state index is 5.40. The summed E-state index contributed by atoms with van der Waals surface area (Å²) in [6.07, 6.45) is 3.83. The van der Waals surface area contributed by atoms with Crippen molar-refractivity contribution in [3.05, 3.63) is 28.5 Å². The van der Waals surface area contributed by atoms with Crippen LogP contribution < -0.4 is 5.32 Å². The van der Waals surface area contributed by atoms with Gasteiger partial charge < -0.3 is 10.1 Å². The molecular weight excluding hydrogens is 280 g/mol. The van der Waals surface area contributed by atoms with Gasteiger partial charge in [-0.1, -0.05) is 6.92 Å². The van der Waals surface area contributed by atoms with E-state index in [0.29, 0.717) is 6.04 Å². The van der Waals surface area contributed by atoms with Gasteiger partial charge in [0.05, 0.1) is 0 Å². The minimum atomic E-state index is 0.445. The van der Waals surface area contributed by atoms with E-state index in [1.165, 1.54) is 0 Å². The van der Waals surface area contributed by atoms with Gasteiger partial charge in [0.15, 0.2) is 0 Å². The first-order valence-corrected chi connectivity index (χ1v) is 6.97. The van der Waals surface area contributed by atoms with Crippen LogP contribution in [0, 0.1) is 0 Å². The van der Waals surface area contributed by atoms with Gasteiger partial charge in [0.2, 0.25) is 0 Å². The van der Waals surface area contributed by atoms with Crippen molar-refractivity contribution in [1.29, 1.82) is 0 Å². The van der Waals surface area contributed by atoms with Gasteiger partial charge in [0.25, 0.3) is 0 Å². The number of pyridine rings is 1. The Hall–Kier alpha value is -0.450. The van der Waals surface area contributed by atoms with Crippen molar-refractivity contribution in [3.63, 3.8) is 0 Å². The molecule has 0 saturated carbocycles. The molecule has 0 fully saturated rings. The molecule has 0 aromatic carbocycles. The van der Waals surface area contributed by atoms with Crippen molar-refractivity contribution in [1.82, 2.24) is 10.3 Å². The third kappa shape index (κ3) is 6.15. The molecule has 0 amide bonds. The summed E-state index contributed by atoms with van der Waals surface area (Å²) in [6.45, 7) is 6.73. The largest absolute Gasteiger partial charge is 0.382 e. The van der Waals surface area contributed by atoms with Crippen LogP contribution in [0.1, 0.15) is 26.0 Å². The molecule has 1 heterocycles. The predicted molar refractivity (Wildman–Crippen MR) is 74.2 cm³/mol. The minimum absolute atomic E-state index is 0.445. The van der Waals surface area contributed by atoms with Gasteiger partial charge in [-0.25, -0.2) is 0 Å². The number of likely N-dealkylation sites (N-methyl/N-ethyl adjacent to an activating group) is 1. The smallest absolute Gasteiger partial charge is 0.0480 e. The molecule has 0 spiro atoms. The fraction of sp³-hybridized carbons (Fsp3) is 0.615. The molecule has 1 unspecified atom stereocenters. The van der Waals surface area contributed by atoms with Crippen LogP contribution in [0.5, 0.6) is 0 Å². The average Bonchev–Trinajstić information content (AvgIpc) is 2.32. The second kappa shape index (κ2) is 8.61. The third-order valence-electron chi connectivity index (χ3n) is 2.55. The Labute approximate surface area is 112 Å². The molecule has 96 valence electrons. The number of hydrogen-bond acceptors (Lipinski definition) is 3. The van der Waals surface area contributed by atoms with Crippen LogP contribution in [0.2, 0.25) is 0 Å². The van der Waals surface area contributed by atoms with E-state index in [0.717, 1.165) is 42.8 Å². The number of nitrogens with zero attached hydrogens (tertiary/aromatic N) is 1. The van der Waals surface area contributed by atoms with E-state index in [9.17, 15) is 0 Å². The zero-order valence-electron chi connectivity index (χ0n) is 10.6. The van der Waals surface area contributed by atoms with Gasteiger partial charge >= 0.3 is 0 Å². The molecule has 17 heavy (non-hydrogen) atoms. The highest BCUT2D eigenvalue weighted by Crippen LogP contribution is 2.09. The maximum Gasteiger partial charge on any atom is 0.0480 e. The highest BCUT2D eigenvalue weighted by molar-refractivity contribution is 9.10.